The van der Waals surface area contributed by atoms with Crippen LogP contribution in [0.1, 0.15) is 39.5 Å². The average Bonchev–Trinajstić information content (AvgIpc) is 2.25. The molecule has 4 nitrogen and oxygen atoms in total. The maximum absolute atomic E-state index is 11.4. The summed E-state index contributed by atoms with van der Waals surface area (Å²) >= 11 is 0. The molecule has 16 heavy (non-hydrogen) atoms. The molecule has 0 unspecified atom stereocenters. The van der Waals surface area contributed by atoms with E-state index in [0.717, 1.165) is 25.7 Å². The van der Waals surface area contributed by atoms with Gasteiger partial charge in [0.2, 0.25) is 0 Å². The Balaban J connectivity index is 4.34. The van der Waals surface area contributed by atoms with E-state index < -0.39 is 0 Å². The molecule has 0 rings (SSSR count). The van der Waals surface area contributed by atoms with Crippen molar-refractivity contribution in [3.05, 3.63) is 0 Å². The van der Waals surface area contributed by atoms with Crippen molar-refractivity contribution < 1.29 is 9.53 Å². The van der Waals surface area contributed by atoms with Crippen LogP contribution >= 0.6 is 0 Å². The first-order chi connectivity index (χ1) is 7.51. The van der Waals surface area contributed by atoms with Crippen molar-refractivity contribution in [3.8, 4) is 0 Å². The van der Waals surface area contributed by atoms with Gasteiger partial charge in [0, 0.05) is 14.1 Å². The minimum Gasteiger partial charge on any atom is -0.447 e. The molecule has 0 saturated carbocycles. The molecule has 0 aromatic rings. The van der Waals surface area contributed by atoms with Crippen molar-refractivity contribution in [3.63, 3.8) is 0 Å². The number of nitrogens with one attached hydrogen (secondary N) is 1. The smallest absolute Gasteiger partial charge is 0.409 e. The molecule has 0 bridgehead atoms. The molecule has 0 aliphatic heterocycles. The molecule has 0 radical (unpaired) electrons. The number of hydrogen-bond donors (Lipinski definition) is 1. The Morgan fingerprint density at radius 3 is 2.06 bits per heavy atom. The first kappa shape index (κ1) is 15.2. The van der Waals surface area contributed by atoms with E-state index in [1.54, 1.807) is 14.1 Å². The maximum Gasteiger partial charge on any atom is 0.409 e. The number of carbonyl (C=O) groups excluding carboxylic acids is 1. The van der Waals surface area contributed by atoms with E-state index in [9.17, 15) is 4.79 Å². The minimum atomic E-state index is -0.271. The van der Waals surface area contributed by atoms with Crippen molar-refractivity contribution in [2.45, 2.75) is 45.1 Å². The van der Waals surface area contributed by atoms with Crippen LogP contribution in [0.25, 0.3) is 0 Å². The largest absolute Gasteiger partial charge is 0.447 e. The van der Waals surface area contributed by atoms with E-state index in [1.165, 1.54) is 4.90 Å². The summed E-state index contributed by atoms with van der Waals surface area (Å²) in [7, 11) is 5.33. The fourth-order valence-electron chi connectivity index (χ4n) is 1.88. The van der Waals surface area contributed by atoms with Gasteiger partial charge in [0.1, 0.15) is 6.61 Å². The van der Waals surface area contributed by atoms with Crippen molar-refractivity contribution >= 4 is 6.09 Å². The Labute approximate surface area is 99.3 Å². The summed E-state index contributed by atoms with van der Waals surface area (Å²) in [5.74, 6) is 0. The second-order valence-electron chi connectivity index (χ2n) is 4.48. The predicted octanol–water partition coefficient (Wildman–Crippen LogP) is 2.24. The van der Waals surface area contributed by atoms with Gasteiger partial charge in [-0.15, -0.1) is 0 Å². The van der Waals surface area contributed by atoms with E-state index in [-0.39, 0.29) is 11.6 Å². The highest BCUT2D eigenvalue weighted by molar-refractivity contribution is 5.66. The van der Waals surface area contributed by atoms with E-state index >= 15 is 0 Å². The highest BCUT2D eigenvalue weighted by Gasteiger charge is 2.28. The van der Waals surface area contributed by atoms with E-state index in [4.69, 9.17) is 4.74 Å². The number of nitrogens with zero attached hydrogens (tertiary/aromatic N) is 1. The van der Waals surface area contributed by atoms with Gasteiger partial charge in [0.05, 0.1) is 5.54 Å². The van der Waals surface area contributed by atoms with E-state index in [2.05, 4.69) is 19.2 Å². The first-order valence-corrected chi connectivity index (χ1v) is 6.04. The standard InChI is InChI=1S/C12H26N2O2/c1-6-8-12(13-3,9-7-2)10-16-11(15)14(4)5/h13H,6-10H2,1-5H3. The molecule has 0 saturated heterocycles. The summed E-state index contributed by atoms with van der Waals surface area (Å²) in [6.07, 6.45) is 3.95. The number of hydrogen-bond acceptors (Lipinski definition) is 3. The number of rotatable bonds is 7. The molecule has 1 amide bonds. The lowest BCUT2D eigenvalue weighted by atomic mass is 9.90. The van der Waals surface area contributed by atoms with E-state index in [1.807, 2.05) is 7.05 Å². The highest BCUT2D eigenvalue weighted by atomic mass is 16.6. The number of likely N-dealkylation sites (N-methyl/N-ethyl adjacent to an activating group) is 1. The summed E-state index contributed by atoms with van der Waals surface area (Å²) in [6, 6.07) is 0. The normalized spacial score (nSPS) is 11.3. The van der Waals surface area contributed by atoms with Crippen LogP contribution in [0, 0.1) is 0 Å². The molecule has 1 N–H and O–H groups in total. The summed E-state index contributed by atoms with van der Waals surface area (Å²) in [5.41, 5.74) is -0.0603. The Morgan fingerprint density at radius 1 is 1.25 bits per heavy atom. The molecule has 0 atom stereocenters. The third-order valence-corrected chi connectivity index (χ3v) is 2.82. The molecule has 0 fully saturated rings. The summed E-state index contributed by atoms with van der Waals surface area (Å²) < 4.78 is 5.29. The lowest BCUT2D eigenvalue weighted by Gasteiger charge is -2.33. The minimum absolute atomic E-state index is 0.0603. The zero-order valence-electron chi connectivity index (χ0n) is 11.3. The number of carbonyl (C=O) groups is 1. The third kappa shape index (κ3) is 4.84. The van der Waals surface area contributed by atoms with Crippen LogP contribution in [0.3, 0.4) is 0 Å². The van der Waals surface area contributed by atoms with Crippen molar-refractivity contribution in [2.24, 2.45) is 0 Å². The van der Waals surface area contributed by atoms with Gasteiger partial charge in [0.25, 0.3) is 0 Å². The average molecular weight is 230 g/mol. The maximum atomic E-state index is 11.4. The Bertz CT molecular complexity index is 199. The topological polar surface area (TPSA) is 41.6 Å². The molecule has 0 aromatic carbocycles. The Morgan fingerprint density at radius 2 is 1.75 bits per heavy atom. The van der Waals surface area contributed by atoms with Crippen molar-refractivity contribution in [1.29, 1.82) is 0 Å². The third-order valence-electron chi connectivity index (χ3n) is 2.82. The summed E-state index contributed by atoms with van der Waals surface area (Å²) in [5, 5.41) is 3.32. The predicted molar refractivity (Wildman–Crippen MR) is 66.6 cm³/mol. The van der Waals surface area contributed by atoms with Gasteiger partial charge in [-0.1, -0.05) is 26.7 Å². The van der Waals surface area contributed by atoms with Gasteiger partial charge in [0.15, 0.2) is 0 Å². The second kappa shape index (κ2) is 7.49. The molecule has 0 spiro atoms. The summed E-state index contributed by atoms with van der Waals surface area (Å²) in [4.78, 5) is 12.8. The van der Waals surface area contributed by atoms with Crippen LogP contribution in [0.4, 0.5) is 4.79 Å². The molecular weight excluding hydrogens is 204 g/mol. The van der Waals surface area contributed by atoms with Crippen LogP contribution in [0.5, 0.6) is 0 Å². The molecular formula is C12H26N2O2. The lowest BCUT2D eigenvalue weighted by molar-refractivity contribution is 0.0769. The van der Waals surface area contributed by atoms with Gasteiger partial charge < -0.3 is 15.0 Å². The molecule has 96 valence electrons. The fourth-order valence-corrected chi connectivity index (χ4v) is 1.88. The van der Waals surface area contributed by atoms with Crippen molar-refractivity contribution in [1.82, 2.24) is 10.2 Å². The zero-order valence-corrected chi connectivity index (χ0v) is 11.3. The van der Waals surface area contributed by atoms with Crippen LogP contribution in [-0.4, -0.2) is 44.3 Å². The molecule has 0 aliphatic rings. The monoisotopic (exact) mass is 230 g/mol. The first-order valence-electron chi connectivity index (χ1n) is 6.04. The zero-order chi connectivity index (χ0) is 12.6. The molecule has 0 aliphatic carbocycles. The molecule has 4 heteroatoms. The number of ether oxygens (including phenoxy) is 1. The van der Waals surface area contributed by atoms with Crippen molar-refractivity contribution in [2.75, 3.05) is 27.7 Å². The van der Waals surface area contributed by atoms with Crippen LogP contribution < -0.4 is 5.32 Å². The molecule has 0 aromatic heterocycles. The van der Waals surface area contributed by atoms with Crippen LogP contribution in [-0.2, 0) is 4.74 Å². The number of amides is 1. The highest BCUT2D eigenvalue weighted by Crippen LogP contribution is 2.20. The van der Waals surface area contributed by atoms with E-state index in [0.29, 0.717) is 6.61 Å². The van der Waals surface area contributed by atoms with Crippen LogP contribution in [0.2, 0.25) is 0 Å². The molecule has 0 heterocycles. The van der Waals surface area contributed by atoms with Gasteiger partial charge in [-0.2, -0.15) is 0 Å². The Hall–Kier alpha value is -0.770. The van der Waals surface area contributed by atoms with Crippen LogP contribution in [0.15, 0.2) is 0 Å². The van der Waals surface area contributed by atoms with Gasteiger partial charge in [-0.3, -0.25) is 0 Å². The van der Waals surface area contributed by atoms with Gasteiger partial charge >= 0.3 is 6.09 Å². The lowest BCUT2D eigenvalue weighted by Crippen LogP contribution is -2.48. The SMILES string of the molecule is CCCC(CCC)(COC(=O)N(C)C)NC. The second-order valence-corrected chi connectivity index (χ2v) is 4.48. The van der Waals surface area contributed by atoms with Gasteiger partial charge in [-0.05, 0) is 19.9 Å². The van der Waals surface area contributed by atoms with Gasteiger partial charge in [-0.25, -0.2) is 4.79 Å². The Kier molecular flexibility index (Phi) is 7.13. The quantitative estimate of drug-likeness (QED) is 0.729. The fraction of sp³-hybridized carbons (Fsp3) is 0.917. The summed E-state index contributed by atoms with van der Waals surface area (Å²) in [6.45, 7) is 4.74.